The third-order valence-electron chi connectivity index (χ3n) is 2.34. The molecule has 0 heterocycles. The standard InChI is InChI=1S/C12H21N2P.ClH/c1-13(2)8-10-6-5-7-11(12(10)15)9-14(3)4;/h5-7H,8-9,15H2,1-4H3;1H. The molecule has 1 rings (SSSR count). The molecule has 2 nitrogen and oxygen atoms in total. The molecular weight excluding hydrogens is 239 g/mol. The van der Waals surface area contributed by atoms with Crippen molar-refractivity contribution >= 4 is 14.5 Å². The molecule has 0 saturated carbocycles. The second kappa shape index (κ2) is 7.24. The number of benzene rings is 1. The van der Waals surface area contributed by atoms with E-state index >= 15 is 0 Å². The molecule has 4 heteroatoms. The SMILES string of the molecule is CN(C)Cc1cccc(CN(C)C)c1[PH3+].[Cl-]. The van der Waals surface area contributed by atoms with Gasteiger partial charge in [0.25, 0.3) is 0 Å². The fourth-order valence-electron chi connectivity index (χ4n) is 1.67. The molecule has 0 saturated heterocycles. The third-order valence-corrected chi connectivity index (χ3v) is 3.25. The Morgan fingerprint density at radius 3 is 1.62 bits per heavy atom. The van der Waals surface area contributed by atoms with Gasteiger partial charge < -0.3 is 22.2 Å². The fraction of sp³-hybridized carbons (Fsp3) is 0.500. The zero-order valence-electron chi connectivity index (χ0n) is 10.6. The molecule has 1 aromatic rings. The summed E-state index contributed by atoms with van der Waals surface area (Å²) < 4.78 is 0. The predicted octanol–water partition coefficient (Wildman–Crippen LogP) is -1.95. The van der Waals surface area contributed by atoms with Crippen LogP contribution in [0, 0.1) is 0 Å². The maximum absolute atomic E-state index is 2.22. The third kappa shape index (κ3) is 4.80. The van der Waals surface area contributed by atoms with E-state index < -0.39 is 0 Å². The van der Waals surface area contributed by atoms with Crippen molar-refractivity contribution in [1.82, 2.24) is 9.80 Å². The highest BCUT2D eigenvalue weighted by Crippen LogP contribution is 2.09. The smallest absolute Gasteiger partial charge is 0.0954 e. The van der Waals surface area contributed by atoms with Crippen molar-refractivity contribution in [3.05, 3.63) is 29.3 Å². The van der Waals surface area contributed by atoms with Crippen LogP contribution in [0.25, 0.3) is 0 Å². The molecule has 16 heavy (non-hydrogen) atoms. The predicted molar refractivity (Wildman–Crippen MR) is 72.0 cm³/mol. The Balaban J connectivity index is 0.00000225. The van der Waals surface area contributed by atoms with Crippen LogP contribution in [0.4, 0.5) is 0 Å². The van der Waals surface area contributed by atoms with Gasteiger partial charge in [0.15, 0.2) is 0 Å². The first kappa shape index (κ1) is 15.9. The lowest BCUT2D eigenvalue weighted by molar-refractivity contribution is -0.00000333. The quantitative estimate of drug-likeness (QED) is 0.581. The lowest BCUT2D eigenvalue weighted by Gasteiger charge is -2.14. The Labute approximate surface area is 108 Å². The summed E-state index contributed by atoms with van der Waals surface area (Å²) in [5, 5.41) is 1.46. The van der Waals surface area contributed by atoms with Crippen molar-refractivity contribution in [2.45, 2.75) is 13.1 Å². The van der Waals surface area contributed by atoms with E-state index in [4.69, 9.17) is 0 Å². The van der Waals surface area contributed by atoms with Gasteiger partial charge in [0, 0.05) is 33.5 Å². The van der Waals surface area contributed by atoms with Gasteiger partial charge in [-0.05, 0) is 28.2 Å². The zero-order valence-corrected chi connectivity index (χ0v) is 12.8. The van der Waals surface area contributed by atoms with Crippen molar-refractivity contribution in [2.24, 2.45) is 0 Å². The van der Waals surface area contributed by atoms with Crippen molar-refractivity contribution in [1.29, 1.82) is 0 Å². The number of nitrogens with zero attached hydrogens (tertiary/aromatic N) is 2. The Morgan fingerprint density at radius 2 is 1.31 bits per heavy atom. The van der Waals surface area contributed by atoms with Crippen molar-refractivity contribution in [3.63, 3.8) is 0 Å². The van der Waals surface area contributed by atoms with Crippen LogP contribution in [0.1, 0.15) is 11.1 Å². The molecule has 0 spiro atoms. The topological polar surface area (TPSA) is 6.48 Å². The van der Waals surface area contributed by atoms with Crippen LogP contribution in [0.3, 0.4) is 0 Å². The van der Waals surface area contributed by atoms with Gasteiger partial charge in [0.05, 0.1) is 5.30 Å². The van der Waals surface area contributed by atoms with E-state index in [2.05, 4.69) is 56.2 Å². The van der Waals surface area contributed by atoms with Crippen molar-refractivity contribution in [3.8, 4) is 0 Å². The van der Waals surface area contributed by atoms with E-state index in [9.17, 15) is 0 Å². The summed E-state index contributed by atoms with van der Waals surface area (Å²) >= 11 is 0. The summed E-state index contributed by atoms with van der Waals surface area (Å²) in [5.41, 5.74) is 2.88. The monoisotopic (exact) mass is 260 g/mol. The molecule has 0 aliphatic heterocycles. The summed E-state index contributed by atoms with van der Waals surface area (Å²) in [6, 6.07) is 6.61. The molecule has 0 radical (unpaired) electrons. The van der Waals surface area contributed by atoms with Crippen LogP contribution < -0.4 is 17.7 Å². The summed E-state index contributed by atoms with van der Waals surface area (Å²) in [7, 11) is 10.5. The molecule has 1 unspecified atom stereocenters. The second-order valence-corrected chi connectivity index (χ2v) is 5.24. The van der Waals surface area contributed by atoms with Gasteiger partial charge in [-0.15, -0.1) is 0 Å². The lowest BCUT2D eigenvalue weighted by Crippen LogP contribution is -3.00. The Kier molecular flexibility index (Phi) is 7.17. The summed E-state index contributed by atoms with van der Waals surface area (Å²) in [4.78, 5) is 4.43. The van der Waals surface area contributed by atoms with Crippen LogP contribution in [0.15, 0.2) is 18.2 Å². The van der Waals surface area contributed by atoms with E-state index in [-0.39, 0.29) is 12.4 Å². The fourth-order valence-corrected chi connectivity index (χ4v) is 2.12. The molecule has 0 aliphatic rings. The van der Waals surface area contributed by atoms with E-state index in [1.807, 2.05) is 9.24 Å². The van der Waals surface area contributed by atoms with E-state index in [0.29, 0.717) is 0 Å². The van der Waals surface area contributed by atoms with Crippen LogP contribution in [0.5, 0.6) is 0 Å². The van der Waals surface area contributed by atoms with Gasteiger partial charge in [0.1, 0.15) is 0 Å². The molecule has 0 aliphatic carbocycles. The maximum Gasteiger partial charge on any atom is 0.0954 e. The van der Waals surface area contributed by atoms with Gasteiger partial charge in [-0.3, -0.25) is 0 Å². The van der Waals surface area contributed by atoms with Gasteiger partial charge in [-0.25, -0.2) is 0 Å². The first-order valence-electron chi connectivity index (χ1n) is 5.23. The Bertz CT molecular complexity index is 299. The van der Waals surface area contributed by atoms with E-state index in [1.54, 1.807) is 0 Å². The van der Waals surface area contributed by atoms with Crippen molar-refractivity contribution < 1.29 is 12.4 Å². The first-order chi connectivity index (χ1) is 7.00. The highest BCUT2D eigenvalue weighted by molar-refractivity contribution is 7.27. The minimum atomic E-state index is 0. The van der Waals surface area contributed by atoms with E-state index in [1.165, 1.54) is 16.4 Å². The molecule has 0 amide bonds. The first-order valence-corrected chi connectivity index (χ1v) is 5.93. The van der Waals surface area contributed by atoms with Crippen molar-refractivity contribution in [2.75, 3.05) is 28.2 Å². The number of hydrogen-bond acceptors (Lipinski definition) is 2. The van der Waals surface area contributed by atoms with Gasteiger partial charge >= 0.3 is 0 Å². The number of rotatable bonds is 4. The summed E-state index contributed by atoms with van der Waals surface area (Å²) in [5.74, 6) is 0. The summed E-state index contributed by atoms with van der Waals surface area (Å²) in [6.45, 7) is 2.06. The molecule has 0 N–H and O–H groups in total. The molecule has 1 atom stereocenters. The minimum Gasteiger partial charge on any atom is -1.00 e. The number of halogens is 1. The van der Waals surface area contributed by atoms with Crippen LogP contribution in [-0.2, 0) is 13.1 Å². The van der Waals surface area contributed by atoms with Gasteiger partial charge in [0.2, 0.25) is 0 Å². The second-order valence-electron chi connectivity index (χ2n) is 4.53. The lowest BCUT2D eigenvalue weighted by atomic mass is 10.1. The van der Waals surface area contributed by atoms with Crippen LogP contribution in [-0.4, -0.2) is 38.0 Å². The normalized spacial score (nSPS) is 10.9. The van der Waals surface area contributed by atoms with E-state index in [0.717, 1.165) is 13.1 Å². The molecule has 0 fully saturated rings. The molecular formula is C12H22ClN2P. The highest BCUT2D eigenvalue weighted by atomic mass is 35.5. The molecule has 0 aromatic heterocycles. The average molecular weight is 261 g/mol. The van der Waals surface area contributed by atoms with Gasteiger partial charge in [-0.2, -0.15) is 0 Å². The van der Waals surface area contributed by atoms with Crippen LogP contribution >= 0.6 is 9.24 Å². The maximum atomic E-state index is 2.22. The van der Waals surface area contributed by atoms with Crippen LogP contribution in [0.2, 0.25) is 0 Å². The molecule has 92 valence electrons. The Morgan fingerprint density at radius 1 is 0.938 bits per heavy atom. The van der Waals surface area contributed by atoms with Gasteiger partial charge in [-0.1, -0.05) is 18.2 Å². The average Bonchev–Trinajstić information content (AvgIpc) is 2.10. The highest BCUT2D eigenvalue weighted by Gasteiger charge is 2.09. The largest absolute Gasteiger partial charge is 1.00 e. The molecule has 0 bridgehead atoms. The molecule has 1 aromatic carbocycles. The zero-order chi connectivity index (χ0) is 11.4. The summed E-state index contributed by atoms with van der Waals surface area (Å²) in [6.07, 6.45) is 0. The minimum absolute atomic E-state index is 0. The Hall–Kier alpha value is -0.140. The number of hydrogen-bond donors (Lipinski definition) is 0.